The molecule has 0 spiro atoms. The quantitative estimate of drug-likeness (QED) is 0.695. The summed E-state index contributed by atoms with van der Waals surface area (Å²) in [6.45, 7) is 8.95. The first kappa shape index (κ1) is 17.5. The number of rotatable bonds is 3. The van der Waals surface area contributed by atoms with Gasteiger partial charge in [0.2, 0.25) is 0 Å². The Morgan fingerprint density at radius 1 is 1.28 bits per heavy atom. The van der Waals surface area contributed by atoms with E-state index in [1.165, 1.54) is 25.8 Å². The Balaban J connectivity index is 0.000000873. The van der Waals surface area contributed by atoms with E-state index in [0.29, 0.717) is 19.6 Å². The number of amides is 2. The van der Waals surface area contributed by atoms with E-state index in [1.807, 2.05) is 0 Å². The molecule has 0 aromatic rings. The number of hydrogen-bond donors (Lipinski definition) is 0. The van der Waals surface area contributed by atoms with Crippen LogP contribution >= 0.6 is 0 Å². The zero-order chi connectivity index (χ0) is 14.1. The van der Waals surface area contributed by atoms with Gasteiger partial charge in [-0.2, -0.15) is 0 Å². The van der Waals surface area contributed by atoms with Crippen molar-refractivity contribution in [2.24, 2.45) is 0 Å². The average molecular weight is 424 g/mol. The van der Waals surface area contributed by atoms with Crippen molar-refractivity contribution in [2.75, 3.05) is 13.2 Å². The third kappa shape index (κ3) is 5.90. The predicted molar refractivity (Wildman–Crippen MR) is 69.6 cm³/mol. The Morgan fingerprint density at radius 3 is 2.22 bits per heavy atom. The van der Waals surface area contributed by atoms with Crippen molar-refractivity contribution in [3.63, 3.8) is 0 Å². The van der Waals surface area contributed by atoms with Gasteiger partial charge in [0.15, 0.2) is 0 Å². The summed E-state index contributed by atoms with van der Waals surface area (Å²) in [6.07, 6.45) is 3.80. The Kier molecular flexibility index (Phi) is 9.17. The first-order chi connectivity index (χ1) is 8.47. The monoisotopic (exact) mass is 424 g/mol. The van der Waals surface area contributed by atoms with Gasteiger partial charge < -0.3 is 0 Å². The summed E-state index contributed by atoms with van der Waals surface area (Å²) in [4.78, 5) is 26.4. The fraction of sp³-hybridized carbons (Fsp3) is 0.769. The molecule has 0 atom stereocenters. The molecular formula is C13H24N2O2W. The maximum absolute atomic E-state index is 11.8. The molecule has 0 aromatic heterocycles. The normalized spacial score (nSPS) is 14.3. The molecule has 2 amide bonds. The predicted octanol–water partition coefficient (Wildman–Crippen LogP) is 1.92. The number of carbonyl (C=O) groups excluding carboxylic acids is 2. The van der Waals surface area contributed by atoms with Crippen LogP contribution in [0.3, 0.4) is 0 Å². The molecule has 0 saturated carbocycles. The summed E-state index contributed by atoms with van der Waals surface area (Å²) >= 11 is 1.28. The topological polar surface area (TPSA) is 40.6 Å². The van der Waals surface area contributed by atoms with Crippen LogP contribution in [0.2, 0.25) is 0 Å². The fourth-order valence-electron chi connectivity index (χ4n) is 1.44. The summed E-state index contributed by atoms with van der Waals surface area (Å²) in [7, 11) is 0. The van der Waals surface area contributed by atoms with E-state index in [9.17, 15) is 9.59 Å². The third-order valence-electron chi connectivity index (χ3n) is 2.43. The van der Waals surface area contributed by atoms with Gasteiger partial charge in [0.05, 0.1) is 0 Å². The molecule has 1 saturated heterocycles. The molecule has 0 aliphatic carbocycles. The Hall–Kier alpha value is -0.502. The van der Waals surface area contributed by atoms with Crippen molar-refractivity contribution in [2.45, 2.75) is 53.4 Å². The summed E-state index contributed by atoms with van der Waals surface area (Å²) in [5.74, 6) is 0.199. The van der Waals surface area contributed by atoms with Crippen LogP contribution in [0.5, 0.6) is 0 Å². The van der Waals surface area contributed by atoms with Crippen molar-refractivity contribution < 1.29 is 28.9 Å². The number of unbranched alkanes of at least 4 members (excludes halogenated alkanes) is 1. The van der Waals surface area contributed by atoms with Gasteiger partial charge in [-0.15, -0.1) is 0 Å². The molecule has 1 fully saturated rings. The minimum atomic E-state index is 0.0412. The van der Waals surface area contributed by atoms with Crippen LogP contribution < -0.4 is 0 Å². The Morgan fingerprint density at radius 2 is 1.83 bits per heavy atom. The molecular weight excluding hydrogens is 400 g/mol. The summed E-state index contributed by atoms with van der Waals surface area (Å²) < 4.78 is 1.06. The van der Waals surface area contributed by atoms with Crippen molar-refractivity contribution in [3.05, 3.63) is 0 Å². The van der Waals surface area contributed by atoms with E-state index in [4.69, 9.17) is 0 Å². The zero-order valence-electron chi connectivity index (χ0n) is 11.9. The molecule has 18 heavy (non-hydrogen) atoms. The van der Waals surface area contributed by atoms with Crippen LogP contribution in [0.15, 0.2) is 0 Å². The number of carbonyl (C=O) groups is 2. The Labute approximate surface area is 121 Å². The second-order valence-electron chi connectivity index (χ2n) is 4.38. The fourth-order valence-corrected chi connectivity index (χ4v) is 2.57. The molecule has 0 N–H and O–H groups in total. The number of hydrogen-bond acceptors (Lipinski definition) is 2. The summed E-state index contributed by atoms with van der Waals surface area (Å²) in [6, 6.07) is 0. The van der Waals surface area contributed by atoms with Crippen LogP contribution in [0.4, 0.5) is 0 Å². The molecule has 0 radical (unpaired) electrons. The van der Waals surface area contributed by atoms with Gasteiger partial charge in [-0.3, -0.25) is 0 Å². The van der Waals surface area contributed by atoms with Crippen molar-refractivity contribution >= 4 is 15.8 Å². The second kappa shape index (κ2) is 9.43. The van der Waals surface area contributed by atoms with E-state index in [1.54, 1.807) is 16.7 Å². The SMILES string of the molecule is CCC.CCCCC(=O)N1CN(C(C)=O)C[C]1=[W]. The Bertz CT molecular complexity index is 305. The zero-order valence-corrected chi connectivity index (χ0v) is 14.8. The van der Waals surface area contributed by atoms with Gasteiger partial charge >= 0.3 is 101 Å². The minimum absolute atomic E-state index is 0.0412. The molecule has 1 heterocycles. The first-order valence-corrected chi connectivity index (χ1v) is 8.03. The molecule has 0 bridgehead atoms. The van der Waals surface area contributed by atoms with Crippen LogP contribution in [-0.4, -0.2) is 38.8 Å². The first-order valence-electron chi connectivity index (χ1n) is 6.56. The number of nitrogens with zero attached hydrogens (tertiary/aromatic N) is 2. The third-order valence-corrected chi connectivity index (χ3v) is 3.69. The van der Waals surface area contributed by atoms with Gasteiger partial charge in [-0.25, -0.2) is 0 Å². The van der Waals surface area contributed by atoms with Crippen LogP contribution in [0.25, 0.3) is 0 Å². The van der Waals surface area contributed by atoms with Gasteiger partial charge in [0, 0.05) is 0 Å². The van der Waals surface area contributed by atoms with Gasteiger partial charge in [0.1, 0.15) is 0 Å². The summed E-state index contributed by atoms with van der Waals surface area (Å²) in [5, 5.41) is 0. The van der Waals surface area contributed by atoms with E-state index in [-0.39, 0.29) is 11.8 Å². The van der Waals surface area contributed by atoms with E-state index >= 15 is 0 Å². The van der Waals surface area contributed by atoms with Crippen molar-refractivity contribution in [1.29, 1.82) is 0 Å². The van der Waals surface area contributed by atoms with Crippen LogP contribution in [0, 0.1) is 0 Å². The van der Waals surface area contributed by atoms with Crippen LogP contribution in [0.1, 0.15) is 53.4 Å². The molecule has 4 nitrogen and oxygen atoms in total. The maximum atomic E-state index is 11.8. The molecule has 1 aliphatic heterocycles. The van der Waals surface area contributed by atoms with E-state index in [2.05, 4.69) is 20.8 Å². The molecule has 104 valence electrons. The van der Waals surface area contributed by atoms with Gasteiger partial charge in [-0.05, 0) is 0 Å². The molecule has 0 unspecified atom stereocenters. The summed E-state index contributed by atoms with van der Waals surface area (Å²) in [5.41, 5.74) is 0. The van der Waals surface area contributed by atoms with Gasteiger partial charge in [-0.1, -0.05) is 20.3 Å². The molecule has 0 aromatic carbocycles. The van der Waals surface area contributed by atoms with E-state index in [0.717, 1.165) is 16.9 Å². The van der Waals surface area contributed by atoms with Crippen molar-refractivity contribution in [1.82, 2.24) is 9.80 Å². The van der Waals surface area contributed by atoms with Crippen LogP contribution in [-0.2, 0) is 28.9 Å². The molecule has 1 aliphatic rings. The van der Waals surface area contributed by atoms with Crippen molar-refractivity contribution in [3.8, 4) is 0 Å². The second-order valence-corrected chi connectivity index (χ2v) is 6.08. The van der Waals surface area contributed by atoms with E-state index < -0.39 is 0 Å². The molecule has 1 rings (SSSR count). The molecule has 5 heteroatoms. The van der Waals surface area contributed by atoms with Gasteiger partial charge in [0.25, 0.3) is 0 Å². The average Bonchev–Trinajstić information content (AvgIpc) is 2.69. The standard InChI is InChI=1S/C10H16N2O2.C3H8.W/c1-3-4-5-10(14)12-7-6-11(8-12)9(2)13;1-3-2;/h3-6,8H2,1-2H3;3H2,1-2H3;.